The Labute approximate surface area is 89.1 Å². The largest absolute Gasteiger partial charge is 0.426 e. The van der Waals surface area contributed by atoms with Crippen LogP contribution in [0.4, 0.5) is 0 Å². The van der Waals surface area contributed by atoms with E-state index < -0.39 is 0 Å². The molecule has 0 aliphatic heterocycles. The zero-order valence-electron chi connectivity index (χ0n) is 9.16. The molecule has 0 saturated heterocycles. The van der Waals surface area contributed by atoms with Gasteiger partial charge in [0.1, 0.15) is 5.75 Å². The van der Waals surface area contributed by atoms with Crippen LogP contribution in [-0.4, -0.2) is 11.8 Å². The summed E-state index contributed by atoms with van der Waals surface area (Å²) in [5, 5.41) is 0. The normalized spacial score (nSPS) is 9.80. The summed E-state index contributed by atoms with van der Waals surface area (Å²) in [7, 11) is 0. The van der Waals surface area contributed by atoms with Crippen molar-refractivity contribution < 1.29 is 14.3 Å². The average molecular weight is 206 g/mol. The number of carbonyl (C=O) groups is 2. The molecule has 3 heteroatoms. The number of ketones is 1. The van der Waals surface area contributed by atoms with Crippen molar-refractivity contribution in [3.8, 4) is 5.75 Å². The summed E-state index contributed by atoms with van der Waals surface area (Å²) < 4.78 is 4.96. The number of benzene rings is 1. The van der Waals surface area contributed by atoms with E-state index in [4.69, 9.17) is 4.74 Å². The summed E-state index contributed by atoms with van der Waals surface area (Å²) in [5.41, 5.74) is 1.45. The molecule has 3 nitrogen and oxygen atoms in total. The van der Waals surface area contributed by atoms with Gasteiger partial charge in [-0.15, -0.1) is 0 Å². The number of aryl methyl sites for hydroxylation is 1. The molecule has 0 fully saturated rings. The highest BCUT2D eigenvalue weighted by molar-refractivity contribution is 5.96. The fraction of sp³-hybridized carbons (Fsp3) is 0.333. The molecule has 0 aromatic heterocycles. The van der Waals surface area contributed by atoms with Crippen molar-refractivity contribution >= 4 is 11.8 Å². The van der Waals surface area contributed by atoms with Gasteiger partial charge in [0.25, 0.3) is 0 Å². The minimum atomic E-state index is -0.354. The molecule has 1 rings (SSSR count). The number of Topliss-reactive ketones (excluding diaryl/α,β-unsaturated/α-hetero) is 1. The van der Waals surface area contributed by atoms with Gasteiger partial charge in [0.2, 0.25) is 0 Å². The van der Waals surface area contributed by atoms with Crippen LogP contribution in [0.25, 0.3) is 0 Å². The molecule has 0 aliphatic rings. The Morgan fingerprint density at radius 2 is 2.00 bits per heavy atom. The highest BCUT2D eigenvalue weighted by Gasteiger charge is 2.07. The summed E-state index contributed by atoms with van der Waals surface area (Å²) in [6.45, 7) is 4.98. The minimum absolute atomic E-state index is 0.0903. The highest BCUT2D eigenvalue weighted by atomic mass is 16.5. The van der Waals surface area contributed by atoms with Crippen molar-refractivity contribution in [3.05, 3.63) is 29.3 Å². The molecule has 0 unspecified atom stereocenters. The van der Waals surface area contributed by atoms with Crippen LogP contribution >= 0.6 is 0 Å². The Morgan fingerprint density at radius 3 is 2.47 bits per heavy atom. The topological polar surface area (TPSA) is 43.4 Å². The lowest BCUT2D eigenvalue weighted by Gasteiger charge is -2.06. The Bertz CT molecular complexity index is 394. The van der Waals surface area contributed by atoms with Crippen LogP contribution in [0.5, 0.6) is 5.75 Å². The van der Waals surface area contributed by atoms with Gasteiger partial charge in [0.15, 0.2) is 5.78 Å². The van der Waals surface area contributed by atoms with Crippen LogP contribution in [0.2, 0.25) is 0 Å². The second-order valence-corrected chi connectivity index (χ2v) is 3.35. The number of hydrogen-bond donors (Lipinski definition) is 0. The molecule has 0 amide bonds. The second kappa shape index (κ2) is 4.73. The van der Waals surface area contributed by atoms with Gasteiger partial charge in [-0.2, -0.15) is 0 Å². The zero-order chi connectivity index (χ0) is 11.4. The predicted molar refractivity (Wildman–Crippen MR) is 57.1 cm³/mol. The van der Waals surface area contributed by atoms with E-state index >= 15 is 0 Å². The minimum Gasteiger partial charge on any atom is -0.426 e. The Hall–Kier alpha value is -1.64. The molecular formula is C12H14O3. The van der Waals surface area contributed by atoms with Gasteiger partial charge in [0, 0.05) is 18.9 Å². The molecule has 0 heterocycles. The number of ether oxygens (including phenoxy) is 1. The molecular weight excluding hydrogens is 192 g/mol. The summed E-state index contributed by atoms with van der Waals surface area (Å²) in [6, 6.07) is 5.07. The Morgan fingerprint density at radius 1 is 1.33 bits per heavy atom. The molecule has 1 aromatic rings. The summed E-state index contributed by atoms with van der Waals surface area (Å²) in [5.74, 6) is 0.246. The van der Waals surface area contributed by atoms with Gasteiger partial charge in [-0.25, -0.2) is 0 Å². The zero-order valence-corrected chi connectivity index (χ0v) is 9.16. The van der Waals surface area contributed by atoms with E-state index in [1.807, 2.05) is 13.8 Å². The molecule has 0 spiro atoms. The smallest absolute Gasteiger partial charge is 0.308 e. The van der Waals surface area contributed by atoms with Gasteiger partial charge < -0.3 is 4.74 Å². The SMILES string of the molecule is CCC(=O)c1ccc(OC(C)=O)c(C)c1. The third-order valence-corrected chi connectivity index (χ3v) is 2.07. The monoisotopic (exact) mass is 206 g/mol. The van der Waals surface area contributed by atoms with E-state index in [-0.39, 0.29) is 11.8 Å². The Kier molecular flexibility index (Phi) is 3.61. The van der Waals surface area contributed by atoms with E-state index in [0.717, 1.165) is 5.56 Å². The molecule has 80 valence electrons. The van der Waals surface area contributed by atoms with E-state index in [9.17, 15) is 9.59 Å². The van der Waals surface area contributed by atoms with Crippen LogP contribution in [0.3, 0.4) is 0 Å². The number of esters is 1. The van der Waals surface area contributed by atoms with Gasteiger partial charge >= 0.3 is 5.97 Å². The van der Waals surface area contributed by atoms with Gasteiger partial charge in [-0.1, -0.05) is 6.92 Å². The van der Waals surface area contributed by atoms with E-state index in [0.29, 0.717) is 17.7 Å². The first-order valence-electron chi connectivity index (χ1n) is 4.87. The van der Waals surface area contributed by atoms with Crippen LogP contribution in [0.1, 0.15) is 36.2 Å². The average Bonchev–Trinajstić information content (AvgIpc) is 2.19. The van der Waals surface area contributed by atoms with Crippen molar-refractivity contribution in [1.82, 2.24) is 0 Å². The molecule has 0 aliphatic carbocycles. The quantitative estimate of drug-likeness (QED) is 0.433. The summed E-state index contributed by atoms with van der Waals surface area (Å²) >= 11 is 0. The first-order valence-corrected chi connectivity index (χ1v) is 4.87. The molecule has 0 bridgehead atoms. The van der Waals surface area contributed by atoms with Gasteiger partial charge in [0.05, 0.1) is 0 Å². The molecule has 0 atom stereocenters. The first kappa shape index (κ1) is 11.4. The van der Waals surface area contributed by atoms with Crippen LogP contribution in [0, 0.1) is 6.92 Å². The molecule has 1 aromatic carbocycles. The van der Waals surface area contributed by atoms with Crippen molar-refractivity contribution in [2.24, 2.45) is 0 Å². The second-order valence-electron chi connectivity index (χ2n) is 3.35. The van der Waals surface area contributed by atoms with Gasteiger partial charge in [-0.05, 0) is 30.7 Å². The van der Waals surface area contributed by atoms with E-state index in [1.165, 1.54) is 6.92 Å². The molecule has 0 saturated carbocycles. The molecule has 0 radical (unpaired) electrons. The predicted octanol–water partition coefficient (Wildman–Crippen LogP) is 2.51. The lowest BCUT2D eigenvalue weighted by molar-refractivity contribution is -0.131. The lowest BCUT2D eigenvalue weighted by Crippen LogP contribution is -2.04. The fourth-order valence-corrected chi connectivity index (χ4v) is 1.30. The molecule has 15 heavy (non-hydrogen) atoms. The third-order valence-electron chi connectivity index (χ3n) is 2.07. The maximum Gasteiger partial charge on any atom is 0.308 e. The van der Waals surface area contributed by atoms with Crippen LogP contribution in [-0.2, 0) is 4.79 Å². The summed E-state index contributed by atoms with van der Waals surface area (Å²) in [6.07, 6.45) is 0.479. The van der Waals surface area contributed by atoms with Crippen LogP contribution in [0.15, 0.2) is 18.2 Å². The van der Waals surface area contributed by atoms with Crippen molar-refractivity contribution in [3.63, 3.8) is 0 Å². The van der Waals surface area contributed by atoms with Crippen molar-refractivity contribution in [1.29, 1.82) is 0 Å². The third kappa shape index (κ3) is 2.91. The number of rotatable bonds is 3. The van der Waals surface area contributed by atoms with E-state index in [2.05, 4.69) is 0 Å². The van der Waals surface area contributed by atoms with E-state index in [1.54, 1.807) is 18.2 Å². The fourth-order valence-electron chi connectivity index (χ4n) is 1.30. The Balaban J connectivity index is 2.97. The lowest BCUT2D eigenvalue weighted by atomic mass is 10.1. The van der Waals surface area contributed by atoms with Crippen LogP contribution < -0.4 is 4.74 Å². The maximum atomic E-state index is 11.4. The first-order chi connectivity index (χ1) is 7.04. The van der Waals surface area contributed by atoms with Crippen molar-refractivity contribution in [2.75, 3.05) is 0 Å². The highest BCUT2D eigenvalue weighted by Crippen LogP contribution is 2.20. The maximum absolute atomic E-state index is 11.4. The summed E-state index contributed by atoms with van der Waals surface area (Å²) in [4.78, 5) is 22.1. The standard InChI is InChI=1S/C12H14O3/c1-4-11(14)10-5-6-12(8(2)7-10)15-9(3)13/h5-7H,4H2,1-3H3. The van der Waals surface area contributed by atoms with Gasteiger partial charge in [-0.3, -0.25) is 9.59 Å². The number of carbonyl (C=O) groups excluding carboxylic acids is 2. The van der Waals surface area contributed by atoms with Crippen molar-refractivity contribution in [2.45, 2.75) is 27.2 Å². The number of hydrogen-bond acceptors (Lipinski definition) is 3. The molecule has 0 N–H and O–H groups in total.